The molecule has 0 bridgehead atoms. The molecule has 0 unspecified atom stereocenters. The molecular formula is C21H20N4O. The van der Waals surface area contributed by atoms with E-state index in [4.69, 9.17) is 5.26 Å². The fourth-order valence-corrected chi connectivity index (χ4v) is 2.93. The molecule has 5 heteroatoms. The van der Waals surface area contributed by atoms with Crippen LogP contribution < -0.4 is 5.32 Å². The highest BCUT2D eigenvalue weighted by molar-refractivity contribution is 5.79. The molecule has 0 fully saturated rings. The van der Waals surface area contributed by atoms with Gasteiger partial charge in [-0.1, -0.05) is 30.3 Å². The van der Waals surface area contributed by atoms with Crippen molar-refractivity contribution in [2.24, 2.45) is 0 Å². The normalized spacial score (nSPS) is 10.3. The molecule has 3 rings (SSSR count). The van der Waals surface area contributed by atoms with Crippen molar-refractivity contribution in [3.8, 4) is 11.8 Å². The van der Waals surface area contributed by atoms with E-state index in [9.17, 15) is 4.79 Å². The number of nitrogens with one attached hydrogen (secondary N) is 1. The highest BCUT2D eigenvalue weighted by atomic mass is 16.1. The van der Waals surface area contributed by atoms with Gasteiger partial charge in [0, 0.05) is 17.8 Å². The molecule has 1 heterocycles. The molecule has 1 aromatic heterocycles. The molecule has 0 saturated heterocycles. The van der Waals surface area contributed by atoms with Crippen LogP contribution in [0.25, 0.3) is 5.69 Å². The van der Waals surface area contributed by atoms with Gasteiger partial charge in [-0.25, -0.2) is 4.68 Å². The topological polar surface area (TPSA) is 70.7 Å². The van der Waals surface area contributed by atoms with Gasteiger partial charge in [-0.2, -0.15) is 10.4 Å². The van der Waals surface area contributed by atoms with E-state index in [2.05, 4.69) is 16.5 Å². The molecule has 1 N–H and O–H groups in total. The van der Waals surface area contributed by atoms with E-state index in [1.54, 1.807) is 12.1 Å². The highest BCUT2D eigenvalue weighted by Gasteiger charge is 2.15. The monoisotopic (exact) mass is 344 g/mol. The van der Waals surface area contributed by atoms with E-state index < -0.39 is 0 Å². The molecule has 0 saturated carbocycles. The number of hydrogen-bond donors (Lipinski definition) is 1. The summed E-state index contributed by atoms with van der Waals surface area (Å²) in [5.41, 5.74) is 5.24. The summed E-state index contributed by atoms with van der Waals surface area (Å²) in [7, 11) is 0. The number of para-hydroxylation sites is 1. The van der Waals surface area contributed by atoms with E-state index >= 15 is 0 Å². The number of nitrogens with zero attached hydrogens (tertiary/aromatic N) is 3. The number of carbonyl (C=O) groups excluding carboxylic acids is 1. The summed E-state index contributed by atoms with van der Waals surface area (Å²) >= 11 is 0. The minimum atomic E-state index is -0.0637. The minimum Gasteiger partial charge on any atom is -0.352 e. The van der Waals surface area contributed by atoms with Crippen LogP contribution in [0.4, 0.5) is 0 Å². The lowest BCUT2D eigenvalue weighted by atomic mass is 10.1. The number of rotatable bonds is 5. The fraction of sp³-hybridized carbons (Fsp3) is 0.190. The maximum atomic E-state index is 12.4. The molecule has 1 amide bonds. The van der Waals surface area contributed by atoms with E-state index in [-0.39, 0.29) is 12.3 Å². The van der Waals surface area contributed by atoms with E-state index in [1.165, 1.54) is 0 Å². The molecule has 0 atom stereocenters. The summed E-state index contributed by atoms with van der Waals surface area (Å²) < 4.78 is 1.87. The number of carbonyl (C=O) groups is 1. The van der Waals surface area contributed by atoms with Gasteiger partial charge in [0.15, 0.2) is 0 Å². The summed E-state index contributed by atoms with van der Waals surface area (Å²) in [6.45, 7) is 4.30. The van der Waals surface area contributed by atoms with Gasteiger partial charge < -0.3 is 5.32 Å². The van der Waals surface area contributed by atoms with Crippen LogP contribution >= 0.6 is 0 Å². The zero-order valence-corrected chi connectivity index (χ0v) is 14.9. The molecule has 0 aliphatic heterocycles. The molecule has 0 aliphatic carbocycles. The third-order valence-corrected chi connectivity index (χ3v) is 4.33. The second-order valence-corrected chi connectivity index (χ2v) is 6.16. The molecule has 3 aromatic rings. The summed E-state index contributed by atoms with van der Waals surface area (Å²) in [6, 6.07) is 19.2. The average molecular weight is 344 g/mol. The average Bonchev–Trinajstić information content (AvgIpc) is 2.95. The van der Waals surface area contributed by atoms with Crippen molar-refractivity contribution in [1.82, 2.24) is 15.1 Å². The lowest BCUT2D eigenvalue weighted by Gasteiger charge is -2.07. The van der Waals surface area contributed by atoms with Gasteiger partial charge in [0.2, 0.25) is 5.91 Å². The van der Waals surface area contributed by atoms with Gasteiger partial charge in [0.05, 0.1) is 29.4 Å². The predicted octanol–water partition coefficient (Wildman–Crippen LogP) is 3.22. The van der Waals surface area contributed by atoms with Crippen LogP contribution in [0.3, 0.4) is 0 Å². The molecule has 0 spiro atoms. The van der Waals surface area contributed by atoms with Gasteiger partial charge in [0.25, 0.3) is 0 Å². The summed E-state index contributed by atoms with van der Waals surface area (Å²) in [5.74, 6) is -0.0637. The second-order valence-electron chi connectivity index (χ2n) is 6.16. The zero-order valence-electron chi connectivity index (χ0n) is 14.9. The first-order chi connectivity index (χ1) is 12.6. The Balaban J connectivity index is 1.70. The highest BCUT2D eigenvalue weighted by Crippen LogP contribution is 2.18. The SMILES string of the molecule is Cc1nn(-c2ccccc2)c(C)c1CC(=O)NCc1cccc(C#N)c1. The molecule has 5 nitrogen and oxygen atoms in total. The smallest absolute Gasteiger partial charge is 0.224 e. The van der Waals surface area contributed by atoms with Gasteiger partial charge >= 0.3 is 0 Å². The molecule has 0 aliphatic rings. The first-order valence-corrected chi connectivity index (χ1v) is 8.44. The van der Waals surface area contributed by atoms with Crippen molar-refractivity contribution in [2.45, 2.75) is 26.8 Å². The Morgan fingerprint density at radius 2 is 1.92 bits per heavy atom. The number of benzene rings is 2. The first kappa shape index (κ1) is 17.4. The van der Waals surface area contributed by atoms with Gasteiger partial charge in [-0.15, -0.1) is 0 Å². The molecular weight excluding hydrogens is 324 g/mol. The van der Waals surface area contributed by atoms with E-state index in [1.807, 2.05) is 61.0 Å². The lowest BCUT2D eigenvalue weighted by Crippen LogP contribution is -2.25. The Morgan fingerprint density at radius 1 is 1.15 bits per heavy atom. The molecule has 26 heavy (non-hydrogen) atoms. The Kier molecular flexibility index (Phi) is 5.14. The minimum absolute atomic E-state index is 0.0637. The van der Waals surface area contributed by atoms with Crippen LogP contribution in [0.15, 0.2) is 54.6 Å². The van der Waals surface area contributed by atoms with Crippen LogP contribution in [-0.4, -0.2) is 15.7 Å². The van der Waals surface area contributed by atoms with Crippen LogP contribution in [-0.2, 0) is 17.8 Å². The Labute approximate surface area is 152 Å². The Hall–Kier alpha value is -3.39. The number of nitriles is 1. The molecule has 130 valence electrons. The third-order valence-electron chi connectivity index (χ3n) is 4.33. The van der Waals surface area contributed by atoms with Gasteiger partial charge in [-0.05, 0) is 43.7 Å². The van der Waals surface area contributed by atoms with Crippen molar-refractivity contribution < 1.29 is 4.79 Å². The van der Waals surface area contributed by atoms with Crippen LogP contribution in [0.1, 0.15) is 28.1 Å². The Morgan fingerprint density at radius 3 is 2.65 bits per heavy atom. The van der Waals surface area contributed by atoms with Crippen molar-refractivity contribution in [3.63, 3.8) is 0 Å². The zero-order chi connectivity index (χ0) is 18.5. The third kappa shape index (κ3) is 3.81. The van der Waals surface area contributed by atoms with Crippen molar-refractivity contribution in [3.05, 3.63) is 82.7 Å². The Bertz CT molecular complexity index is 967. The molecule has 0 radical (unpaired) electrons. The molecule has 2 aromatic carbocycles. The standard InChI is InChI=1S/C21H20N4O/c1-15-20(16(2)25(24-15)19-9-4-3-5-10-19)12-21(26)23-14-18-8-6-7-17(11-18)13-22/h3-11H,12,14H2,1-2H3,(H,23,26). The van der Waals surface area contributed by atoms with Crippen LogP contribution in [0.2, 0.25) is 0 Å². The number of amides is 1. The van der Waals surface area contributed by atoms with Gasteiger partial charge in [-0.3, -0.25) is 4.79 Å². The predicted molar refractivity (Wildman–Crippen MR) is 99.7 cm³/mol. The van der Waals surface area contributed by atoms with Crippen molar-refractivity contribution in [2.75, 3.05) is 0 Å². The number of aryl methyl sites for hydroxylation is 1. The van der Waals surface area contributed by atoms with Crippen LogP contribution in [0, 0.1) is 25.2 Å². The van der Waals surface area contributed by atoms with Gasteiger partial charge in [0.1, 0.15) is 0 Å². The summed E-state index contributed by atoms with van der Waals surface area (Å²) in [5, 5.41) is 16.4. The van der Waals surface area contributed by atoms with Crippen molar-refractivity contribution >= 4 is 5.91 Å². The quantitative estimate of drug-likeness (QED) is 0.772. The maximum absolute atomic E-state index is 12.4. The fourth-order valence-electron chi connectivity index (χ4n) is 2.93. The van der Waals surface area contributed by atoms with Crippen molar-refractivity contribution in [1.29, 1.82) is 5.26 Å². The maximum Gasteiger partial charge on any atom is 0.224 e. The lowest BCUT2D eigenvalue weighted by molar-refractivity contribution is -0.120. The number of hydrogen-bond acceptors (Lipinski definition) is 3. The summed E-state index contributed by atoms with van der Waals surface area (Å²) in [6.07, 6.45) is 0.280. The summed E-state index contributed by atoms with van der Waals surface area (Å²) in [4.78, 5) is 12.4. The van der Waals surface area contributed by atoms with E-state index in [0.717, 1.165) is 28.2 Å². The first-order valence-electron chi connectivity index (χ1n) is 8.44. The second kappa shape index (κ2) is 7.66. The van der Waals surface area contributed by atoms with Crippen LogP contribution in [0.5, 0.6) is 0 Å². The largest absolute Gasteiger partial charge is 0.352 e. The van der Waals surface area contributed by atoms with E-state index in [0.29, 0.717) is 12.1 Å². The number of aromatic nitrogens is 2.